The van der Waals surface area contributed by atoms with Crippen molar-refractivity contribution in [1.82, 2.24) is 4.90 Å². The van der Waals surface area contributed by atoms with Crippen molar-refractivity contribution in [2.45, 2.75) is 25.3 Å². The van der Waals surface area contributed by atoms with Crippen LogP contribution >= 0.6 is 0 Å². The smallest absolute Gasteiger partial charge is 0.320 e. The van der Waals surface area contributed by atoms with Crippen molar-refractivity contribution >= 4 is 22.7 Å². The SMILES string of the molecule is O=C(CN1CCCCC1C(=O)O)c1cc2ccccc2o1. The molecule has 1 fully saturated rings. The highest BCUT2D eigenvalue weighted by Gasteiger charge is 2.30. The third-order valence-electron chi connectivity index (χ3n) is 3.95. The number of piperidine rings is 1. The summed E-state index contributed by atoms with van der Waals surface area (Å²) in [4.78, 5) is 25.3. The number of nitrogens with zero attached hydrogens (tertiary/aromatic N) is 1. The number of fused-ring (bicyclic) bond motifs is 1. The topological polar surface area (TPSA) is 70.8 Å². The van der Waals surface area contributed by atoms with E-state index < -0.39 is 12.0 Å². The average molecular weight is 287 g/mol. The van der Waals surface area contributed by atoms with Crippen LogP contribution in [0.1, 0.15) is 29.8 Å². The van der Waals surface area contributed by atoms with Gasteiger partial charge in [0.15, 0.2) is 5.76 Å². The fourth-order valence-electron chi connectivity index (χ4n) is 2.84. The monoisotopic (exact) mass is 287 g/mol. The van der Waals surface area contributed by atoms with Crippen LogP contribution in [-0.4, -0.2) is 40.9 Å². The number of rotatable bonds is 4. The Morgan fingerprint density at radius 2 is 2.10 bits per heavy atom. The first-order chi connectivity index (χ1) is 10.1. The van der Waals surface area contributed by atoms with Crippen molar-refractivity contribution in [3.05, 3.63) is 36.1 Å². The van der Waals surface area contributed by atoms with Gasteiger partial charge in [-0.15, -0.1) is 0 Å². The lowest BCUT2D eigenvalue weighted by molar-refractivity contribution is -0.144. The number of carboxylic acid groups (broad SMARTS) is 1. The summed E-state index contributed by atoms with van der Waals surface area (Å²) < 4.78 is 5.54. The van der Waals surface area contributed by atoms with Gasteiger partial charge < -0.3 is 9.52 Å². The molecule has 1 aliphatic heterocycles. The molecule has 2 heterocycles. The normalized spacial score (nSPS) is 19.7. The Hall–Kier alpha value is -2.14. The van der Waals surface area contributed by atoms with Gasteiger partial charge in [0.25, 0.3) is 0 Å². The molecule has 0 bridgehead atoms. The first-order valence-electron chi connectivity index (χ1n) is 7.14. The Morgan fingerprint density at radius 3 is 2.86 bits per heavy atom. The van der Waals surface area contributed by atoms with Crippen LogP contribution in [0.5, 0.6) is 0 Å². The molecule has 5 heteroatoms. The Morgan fingerprint density at radius 1 is 1.29 bits per heavy atom. The third kappa shape index (κ3) is 2.83. The van der Waals surface area contributed by atoms with Crippen molar-refractivity contribution in [2.75, 3.05) is 13.1 Å². The number of furan rings is 1. The zero-order valence-electron chi connectivity index (χ0n) is 11.6. The highest BCUT2D eigenvalue weighted by Crippen LogP contribution is 2.21. The number of carbonyl (C=O) groups is 2. The molecule has 3 rings (SSSR count). The summed E-state index contributed by atoms with van der Waals surface area (Å²) in [5.74, 6) is -0.725. The van der Waals surface area contributed by atoms with Crippen molar-refractivity contribution in [1.29, 1.82) is 0 Å². The van der Waals surface area contributed by atoms with Gasteiger partial charge in [0.05, 0.1) is 6.54 Å². The molecule has 21 heavy (non-hydrogen) atoms. The second-order valence-electron chi connectivity index (χ2n) is 5.39. The third-order valence-corrected chi connectivity index (χ3v) is 3.95. The number of hydrogen-bond donors (Lipinski definition) is 1. The van der Waals surface area contributed by atoms with Crippen molar-refractivity contribution in [3.63, 3.8) is 0 Å². The van der Waals surface area contributed by atoms with Gasteiger partial charge in [0.2, 0.25) is 5.78 Å². The average Bonchev–Trinajstić information content (AvgIpc) is 2.91. The van der Waals surface area contributed by atoms with Crippen LogP contribution < -0.4 is 0 Å². The van der Waals surface area contributed by atoms with Gasteiger partial charge in [-0.3, -0.25) is 14.5 Å². The quantitative estimate of drug-likeness (QED) is 0.875. The summed E-state index contributed by atoms with van der Waals surface area (Å²) >= 11 is 0. The molecule has 5 nitrogen and oxygen atoms in total. The lowest BCUT2D eigenvalue weighted by Crippen LogP contribution is -2.46. The van der Waals surface area contributed by atoms with Crippen LogP contribution in [0.4, 0.5) is 0 Å². The second kappa shape index (κ2) is 5.69. The van der Waals surface area contributed by atoms with Gasteiger partial charge in [-0.1, -0.05) is 24.6 Å². The molecule has 1 N–H and O–H groups in total. The number of benzene rings is 1. The maximum atomic E-state index is 12.3. The number of Topliss-reactive ketones (excluding diaryl/α,β-unsaturated/α-hetero) is 1. The Balaban J connectivity index is 1.77. The second-order valence-corrected chi connectivity index (χ2v) is 5.39. The number of aliphatic carboxylic acids is 1. The first kappa shape index (κ1) is 13.8. The molecule has 1 aliphatic rings. The molecular weight excluding hydrogens is 270 g/mol. The van der Waals surface area contributed by atoms with Crippen LogP contribution in [0.25, 0.3) is 11.0 Å². The number of para-hydroxylation sites is 1. The number of likely N-dealkylation sites (tertiary alicyclic amines) is 1. The van der Waals surface area contributed by atoms with Crippen molar-refractivity contribution in [2.24, 2.45) is 0 Å². The van der Waals surface area contributed by atoms with E-state index >= 15 is 0 Å². The molecule has 0 saturated carbocycles. The maximum absolute atomic E-state index is 12.3. The van der Waals surface area contributed by atoms with E-state index in [4.69, 9.17) is 4.42 Å². The van der Waals surface area contributed by atoms with E-state index in [1.165, 1.54) is 0 Å². The number of hydrogen-bond acceptors (Lipinski definition) is 4. The molecule has 0 radical (unpaired) electrons. The number of carbonyl (C=O) groups excluding carboxylic acids is 1. The first-order valence-corrected chi connectivity index (χ1v) is 7.14. The summed E-state index contributed by atoms with van der Waals surface area (Å²) in [6.07, 6.45) is 2.42. The summed E-state index contributed by atoms with van der Waals surface area (Å²) in [6.45, 7) is 0.736. The molecule has 1 aromatic heterocycles. The number of carboxylic acids is 1. The molecule has 2 aromatic rings. The van der Waals surface area contributed by atoms with Gasteiger partial charge >= 0.3 is 5.97 Å². The van der Waals surface area contributed by atoms with Crippen LogP contribution in [0, 0.1) is 0 Å². The predicted octanol–water partition coefficient (Wildman–Crippen LogP) is 2.55. The van der Waals surface area contributed by atoms with Crippen molar-refractivity contribution in [3.8, 4) is 0 Å². The van der Waals surface area contributed by atoms with Gasteiger partial charge in [-0.2, -0.15) is 0 Å². The van der Waals surface area contributed by atoms with E-state index in [1.807, 2.05) is 24.3 Å². The van der Waals surface area contributed by atoms with Crippen molar-refractivity contribution < 1.29 is 19.1 Å². The Labute approximate surface area is 122 Å². The summed E-state index contributed by atoms with van der Waals surface area (Å²) in [7, 11) is 0. The fourth-order valence-corrected chi connectivity index (χ4v) is 2.84. The summed E-state index contributed by atoms with van der Waals surface area (Å²) in [6, 6.07) is 8.59. The summed E-state index contributed by atoms with van der Waals surface area (Å²) in [5, 5.41) is 10.1. The molecule has 1 aromatic carbocycles. The lowest BCUT2D eigenvalue weighted by Gasteiger charge is -2.31. The van der Waals surface area contributed by atoms with Crippen LogP contribution in [0.3, 0.4) is 0 Å². The van der Waals surface area contributed by atoms with Gasteiger partial charge in [-0.05, 0) is 31.5 Å². The highest BCUT2D eigenvalue weighted by atomic mass is 16.4. The molecule has 1 unspecified atom stereocenters. The van der Waals surface area contributed by atoms with Crippen LogP contribution in [0.2, 0.25) is 0 Å². The molecular formula is C16H17NO4. The standard InChI is InChI=1S/C16H17NO4/c18-13(10-17-8-4-3-6-12(17)16(19)20)15-9-11-5-1-2-7-14(11)21-15/h1-2,5,7,9,12H,3-4,6,8,10H2,(H,19,20). The minimum atomic E-state index is -0.855. The van der Waals surface area contributed by atoms with Gasteiger partial charge in [-0.25, -0.2) is 0 Å². The minimum Gasteiger partial charge on any atom is -0.480 e. The largest absolute Gasteiger partial charge is 0.480 e. The van der Waals surface area contributed by atoms with Gasteiger partial charge in [0, 0.05) is 5.39 Å². The van der Waals surface area contributed by atoms with E-state index in [2.05, 4.69) is 0 Å². The molecule has 1 saturated heterocycles. The van der Waals surface area contributed by atoms with Crippen LogP contribution in [0.15, 0.2) is 34.7 Å². The Bertz CT molecular complexity index is 643. The zero-order chi connectivity index (χ0) is 14.8. The van der Waals surface area contributed by atoms with Gasteiger partial charge in [0.1, 0.15) is 11.6 Å². The molecule has 0 amide bonds. The lowest BCUT2D eigenvalue weighted by atomic mass is 10.0. The number of ketones is 1. The highest BCUT2D eigenvalue weighted by molar-refractivity contribution is 5.99. The van der Waals surface area contributed by atoms with E-state index in [-0.39, 0.29) is 12.3 Å². The molecule has 0 aliphatic carbocycles. The van der Waals surface area contributed by atoms with E-state index in [0.29, 0.717) is 24.3 Å². The fraction of sp³-hybridized carbons (Fsp3) is 0.375. The van der Waals surface area contributed by atoms with Crippen LogP contribution in [-0.2, 0) is 4.79 Å². The predicted molar refractivity (Wildman–Crippen MR) is 77.4 cm³/mol. The summed E-state index contributed by atoms with van der Waals surface area (Å²) in [5.41, 5.74) is 0.675. The molecule has 110 valence electrons. The van der Waals surface area contributed by atoms with E-state index in [9.17, 15) is 14.7 Å². The Kier molecular flexibility index (Phi) is 3.75. The van der Waals surface area contributed by atoms with E-state index in [0.717, 1.165) is 18.2 Å². The maximum Gasteiger partial charge on any atom is 0.320 e. The molecule has 1 atom stereocenters. The van der Waals surface area contributed by atoms with E-state index in [1.54, 1.807) is 11.0 Å². The minimum absolute atomic E-state index is 0.0940. The molecule has 0 spiro atoms. The zero-order valence-corrected chi connectivity index (χ0v) is 11.6.